The molecule has 0 aliphatic carbocycles. The van der Waals surface area contributed by atoms with Gasteiger partial charge in [-0.3, -0.25) is 9.88 Å². The van der Waals surface area contributed by atoms with E-state index in [0.29, 0.717) is 52.1 Å². The zero-order valence-electron chi connectivity index (χ0n) is 29.2. The quantitative estimate of drug-likeness (QED) is 0.107. The predicted octanol–water partition coefficient (Wildman–Crippen LogP) is 5.85. The van der Waals surface area contributed by atoms with Gasteiger partial charge < -0.3 is 34.6 Å². The summed E-state index contributed by atoms with van der Waals surface area (Å²) in [5.41, 5.74) is 5.74. The standard InChI is InChI=1S/C39H45Cl2N5O5/c1-26-29(7-4-8-33(26)34-9-5-10-36(39(34)41)49-12-6-11-46-21-31(22-46)45(2)3)25-51-38-15-37(50-24-28-13-27(16-42)17-43-18-28)30(14-35(38)40)19-44-20-32(48)23-47/h4-5,7-10,13-15,17-18,31-32,44,47-48H,6,11-12,19-25H2,1-3H3/t32-/m0/s1. The fourth-order valence-electron chi connectivity index (χ4n) is 5.83. The number of hydrogen-bond donors (Lipinski definition) is 3. The molecule has 1 saturated heterocycles. The summed E-state index contributed by atoms with van der Waals surface area (Å²) in [6.45, 7) is 6.40. The smallest absolute Gasteiger partial charge is 0.142 e. The number of likely N-dealkylation sites (tertiary alicyclic amines) is 1. The topological polar surface area (TPSA) is 123 Å². The van der Waals surface area contributed by atoms with Crippen LogP contribution in [0.3, 0.4) is 0 Å². The van der Waals surface area contributed by atoms with E-state index < -0.39 is 6.10 Å². The molecule has 1 atom stereocenters. The van der Waals surface area contributed by atoms with Gasteiger partial charge in [0.2, 0.25) is 0 Å². The second-order valence-electron chi connectivity index (χ2n) is 12.9. The van der Waals surface area contributed by atoms with E-state index in [9.17, 15) is 15.5 Å². The number of aliphatic hydroxyl groups excluding tert-OH is 2. The van der Waals surface area contributed by atoms with Crippen molar-refractivity contribution in [2.75, 3.05) is 53.5 Å². The maximum absolute atomic E-state index is 9.78. The third kappa shape index (κ3) is 10.3. The lowest BCUT2D eigenvalue weighted by Crippen LogP contribution is -2.57. The molecule has 3 aromatic carbocycles. The van der Waals surface area contributed by atoms with E-state index in [1.807, 2.05) is 43.3 Å². The highest BCUT2D eigenvalue weighted by Gasteiger charge is 2.27. The first-order chi connectivity index (χ1) is 24.7. The van der Waals surface area contributed by atoms with Gasteiger partial charge in [0.1, 0.15) is 36.5 Å². The Hall–Kier alpha value is -3.92. The molecule has 270 valence electrons. The molecule has 0 saturated carbocycles. The second kappa shape index (κ2) is 18.5. The van der Waals surface area contributed by atoms with Gasteiger partial charge in [-0.05, 0) is 62.3 Å². The molecule has 12 heteroatoms. The van der Waals surface area contributed by atoms with Crippen molar-refractivity contribution in [2.24, 2.45) is 0 Å². The molecule has 1 aliphatic rings. The molecule has 0 radical (unpaired) electrons. The number of likely N-dealkylation sites (N-methyl/N-ethyl adjacent to an activating group) is 1. The van der Waals surface area contributed by atoms with Crippen LogP contribution < -0.4 is 19.5 Å². The number of nitrogens with zero attached hydrogens (tertiary/aromatic N) is 4. The van der Waals surface area contributed by atoms with Crippen molar-refractivity contribution in [1.29, 1.82) is 5.26 Å². The first-order valence-electron chi connectivity index (χ1n) is 17.0. The molecule has 0 amide bonds. The summed E-state index contributed by atoms with van der Waals surface area (Å²) >= 11 is 13.6. The van der Waals surface area contributed by atoms with E-state index in [0.717, 1.165) is 59.4 Å². The number of nitrogens with one attached hydrogen (secondary N) is 1. The Morgan fingerprint density at radius 2 is 1.75 bits per heavy atom. The van der Waals surface area contributed by atoms with Gasteiger partial charge in [0, 0.05) is 73.9 Å². The van der Waals surface area contributed by atoms with Crippen LogP contribution in [0.4, 0.5) is 0 Å². The summed E-state index contributed by atoms with van der Waals surface area (Å²) in [6, 6.07) is 19.8. The molecular weight excluding hydrogens is 689 g/mol. The van der Waals surface area contributed by atoms with Crippen molar-refractivity contribution in [2.45, 2.75) is 45.2 Å². The number of benzene rings is 3. The number of pyridine rings is 1. The van der Waals surface area contributed by atoms with Crippen LogP contribution in [-0.4, -0.2) is 90.6 Å². The minimum absolute atomic E-state index is 0.163. The van der Waals surface area contributed by atoms with Gasteiger partial charge in [-0.2, -0.15) is 5.26 Å². The van der Waals surface area contributed by atoms with Crippen LogP contribution in [0.2, 0.25) is 10.0 Å². The van der Waals surface area contributed by atoms with E-state index in [1.54, 1.807) is 24.4 Å². The zero-order valence-corrected chi connectivity index (χ0v) is 30.8. The number of hydrogen-bond acceptors (Lipinski definition) is 10. The average molecular weight is 735 g/mol. The lowest BCUT2D eigenvalue weighted by Gasteiger charge is -2.42. The second-order valence-corrected chi connectivity index (χ2v) is 13.7. The van der Waals surface area contributed by atoms with Crippen LogP contribution in [0, 0.1) is 18.3 Å². The summed E-state index contributed by atoms with van der Waals surface area (Å²) in [7, 11) is 4.25. The normalized spacial score (nSPS) is 13.9. The summed E-state index contributed by atoms with van der Waals surface area (Å²) < 4.78 is 18.6. The molecule has 51 heavy (non-hydrogen) atoms. The van der Waals surface area contributed by atoms with Crippen LogP contribution >= 0.6 is 23.2 Å². The molecule has 5 rings (SSSR count). The number of halogens is 2. The minimum Gasteiger partial charge on any atom is -0.492 e. The fourth-order valence-corrected chi connectivity index (χ4v) is 6.35. The van der Waals surface area contributed by atoms with Crippen LogP contribution in [0.15, 0.2) is 67.0 Å². The molecule has 10 nitrogen and oxygen atoms in total. The van der Waals surface area contributed by atoms with Crippen LogP contribution in [-0.2, 0) is 19.8 Å². The largest absolute Gasteiger partial charge is 0.492 e. The molecular formula is C39H45Cl2N5O5. The van der Waals surface area contributed by atoms with Crippen molar-refractivity contribution in [3.05, 3.63) is 105 Å². The molecule has 0 spiro atoms. The highest BCUT2D eigenvalue weighted by atomic mass is 35.5. The van der Waals surface area contributed by atoms with Crippen molar-refractivity contribution in [3.63, 3.8) is 0 Å². The number of aromatic nitrogens is 1. The van der Waals surface area contributed by atoms with Gasteiger partial charge in [-0.1, -0.05) is 53.5 Å². The SMILES string of the molecule is Cc1c(COc2cc(OCc3cncc(C#N)c3)c(CNC[C@H](O)CO)cc2Cl)cccc1-c1cccc(OCCCN2CC(N(C)C)C2)c1Cl. The van der Waals surface area contributed by atoms with E-state index in [1.165, 1.54) is 6.20 Å². The predicted molar refractivity (Wildman–Crippen MR) is 200 cm³/mol. The molecule has 1 aliphatic heterocycles. The van der Waals surface area contributed by atoms with Crippen molar-refractivity contribution in [3.8, 4) is 34.4 Å². The summed E-state index contributed by atoms with van der Waals surface area (Å²) in [5.74, 6) is 1.61. The molecule has 0 unspecified atom stereocenters. The Morgan fingerprint density at radius 3 is 2.51 bits per heavy atom. The summed E-state index contributed by atoms with van der Waals surface area (Å²) in [6.07, 6.45) is 3.17. The minimum atomic E-state index is -0.895. The van der Waals surface area contributed by atoms with Crippen LogP contribution in [0.1, 0.15) is 34.2 Å². The molecule has 1 fully saturated rings. The highest BCUT2D eigenvalue weighted by molar-refractivity contribution is 6.35. The lowest BCUT2D eigenvalue weighted by molar-refractivity contribution is 0.0595. The van der Waals surface area contributed by atoms with Crippen LogP contribution in [0.25, 0.3) is 11.1 Å². The van der Waals surface area contributed by atoms with Crippen molar-refractivity contribution in [1.82, 2.24) is 20.1 Å². The van der Waals surface area contributed by atoms with E-state index in [2.05, 4.69) is 40.3 Å². The first kappa shape index (κ1) is 38.3. The zero-order chi connectivity index (χ0) is 36.3. The van der Waals surface area contributed by atoms with E-state index in [-0.39, 0.29) is 26.4 Å². The van der Waals surface area contributed by atoms with E-state index in [4.69, 9.17) is 37.4 Å². The number of ether oxygens (including phenoxy) is 3. The van der Waals surface area contributed by atoms with Crippen LogP contribution in [0.5, 0.6) is 17.2 Å². The fraction of sp³-hybridized carbons (Fsp3) is 0.385. The Balaban J connectivity index is 1.27. The van der Waals surface area contributed by atoms with Crippen molar-refractivity contribution >= 4 is 23.2 Å². The molecule has 2 heterocycles. The summed E-state index contributed by atoms with van der Waals surface area (Å²) in [5, 5.41) is 32.3. The van der Waals surface area contributed by atoms with Gasteiger partial charge in [-0.25, -0.2) is 0 Å². The van der Waals surface area contributed by atoms with E-state index >= 15 is 0 Å². The number of rotatable bonds is 18. The van der Waals surface area contributed by atoms with Crippen molar-refractivity contribution < 1.29 is 24.4 Å². The summed E-state index contributed by atoms with van der Waals surface area (Å²) in [4.78, 5) is 8.83. The maximum Gasteiger partial charge on any atom is 0.142 e. The monoisotopic (exact) mass is 733 g/mol. The van der Waals surface area contributed by atoms with Gasteiger partial charge in [0.15, 0.2) is 0 Å². The Bertz CT molecular complexity index is 1810. The third-order valence-electron chi connectivity index (χ3n) is 8.97. The van der Waals surface area contributed by atoms with Gasteiger partial charge >= 0.3 is 0 Å². The lowest BCUT2D eigenvalue weighted by atomic mass is 9.96. The van der Waals surface area contributed by atoms with Gasteiger partial charge in [0.05, 0.1) is 34.9 Å². The average Bonchev–Trinajstić information content (AvgIpc) is 3.11. The Labute approximate surface area is 310 Å². The first-order valence-corrected chi connectivity index (χ1v) is 17.7. The highest BCUT2D eigenvalue weighted by Crippen LogP contribution is 2.38. The molecule has 4 aromatic rings. The van der Waals surface area contributed by atoms with Gasteiger partial charge in [-0.15, -0.1) is 0 Å². The maximum atomic E-state index is 9.78. The number of aliphatic hydroxyl groups is 2. The number of nitriles is 1. The molecule has 3 N–H and O–H groups in total. The molecule has 1 aromatic heterocycles. The van der Waals surface area contributed by atoms with Gasteiger partial charge in [0.25, 0.3) is 0 Å². The Morgan fingerprint density at radius 1 is 0.980 bits per heavy atom. The Kier molecular flexibility index (Phi) is 13.9. The third-order valence-corrected chi connectivity index (χ3v) is 9.65. The molecule has 0 bridgehead atoms.